The third-order valence-corrected chi connectivity index (χ3v) is 11.1. The van der Waals surface area contributed by atoms with E-state index in [1.807, 2.05) is 20.8 Å². The Kier molecular flexibility index (Phi) is 14.1. The molecule has 2 amide bonds. The number of benzene rings is 1. The molecule has 1 saturated carbocycles. The van der Waals surface area contributed by atoms with Crippen LogP contribution in [0.15, 0.2) is 23.6 Å². The molecule has 0 spiro atoms. The molecule has 286 valence electrons. The van der Waals surface area contributed by atoms with Gasteiger partial charge in [0.2, 0.25) is 5.91 Å². The van der Waals surface area contributed by atoms with Gasteiger partial charge in [0.25, 0.3) is 5.91 Å². The molecular formula is C38H53FN4O8S. The molecule has 14 heteroatoms. The van der Waals surface area contributed by atoms with Crippen molar-refractivity contribution in [2.24, 2.45) is 17.3 Å². The molecule has 2 aliphatic rings. The first-order valence-electron chi connectivity index (χ1n) is 18.1. The van der Waals surface area contributed by atoms with Crippen molar-refractivity contribution >= 4 is 40.9 Å². The molecule has 2 N–H and O–H groups in total. The van der Waals surface area contributed by atoms with E-state index in [1.54, 1.807) is 37.2 Å². The number of thiazole rings is 1. The van der Waals surface area contributed by atoms with Gasteiger partial charge in [-0.3, -0.25) is 28.9 Å². The van der Waals surface area contributed by atoms with Crippen LogP contribution in [0.5, 0.6) is 0 Å². The number of nitrogens with one attached hydrogen (secondary N) is 1. The fraction of sp³-hybridized carbons (Fsp3) is 0.632. The number of carbonyl (C=O) groups is 5. The molecule has 12 nitrogen and oxygen atoms in total. The van der Waals surface area contributed by atoms with E-state index in [0.29, 0.717) is 48.7 Å². The quantitative estimate of drug-likeness (QED) is 0.200. The van der Waals surface area contributed by atoms with E-state index in [2.05, 4.69) is 15.2 Å². The number of ketones is 1. The summed E-state index contributed by atoms with van der Waals surface area (Å²) >= 11 is 1.14. The highest BCUT2D eigenvalue weighted by Crippen LogP contribution is 2.51. The van der Waals surface area contributed by atoms with Crippen molar-refractivity contribution in [3.63, 3.8) is 0 Å². The number of carboxylic acid groups (broad SMARTS) is 1. The Morgan fingerprint density at radius 3 is 2.48 bits per heavy atom. The first-order valence-corrected chi connectivity index (χ1v) is 19.0. The smallest absolute Gasteiger partial charge is 0.306 e. The summed E-state index contributed by atoms with van der Waals surface area (Å²) in [4.78, 5) is 73.3. The van der Waals surface area contributed by atoms with Crippen molar-refractivity contribution in [1.29, 1.82) is 0 Å². The molecule has 0 radical (unpaired) electrons. The molecule has 2 heterocycles. The van der Waals surface area contributed by atoms with Gasteiger partial charge in [0.05, 0.1) is 30.6 Å². The molecule has 1 aliphatic carbocycles. The zero-order valence-electron chi connectivity index (χ0n) is 31.3. The summed E-state index contributed by atoms with van der Waals surface area (Å²) in [6.45, 7) is 12.9. The van der Waals surface area contributed by atoms with E-state index in [0.717, 1.165) is 17.9 Å². The highest BCUT2D eigenvalue weighted by atomic mass is 32.1. The summed E-state index contributed by atoms with van der Waals surface area (Å²) in [6.07, 6.45) is 1.07. The van der Waals surface area contributed by atoms with Gasteiger partial charge >= 0.3 is 11.9 Å². The largest absolute Gasteiger partial charge is 0.481 e. The highest BCUT2D eigenvalue weighted by molar-refractivity contribution is 7.09. The summed E-state index contributed by atoms with van der Waals surface area (Å²) in [5.74, 6) is -3.45. The van der Waals surface area contributed by atoms with E-state index in [9.17, 15) is 33.5 Å². The number of rotatable bonds is 18. The fourth-order valence-electron chi connectivity index (χ4n) is 7.14. The average molecular weight is 745 g/mol. The molecule has 0 bridgehead atoms. The number of carbonyl (C=O) groups excluding carboxylic acids is 4. The predicted octanol–water partition coefficient (Wildman–Crippen LogP) is 4.98. The number of hydrogen-bond acceptors (Lipinski definition) is 10. The van der Waals surface area contributed by atoms with E-state index in [1.165, 1.54) is 19.1 Å². The first kappa shape index (κ1) is 41.0. The van der Waals surface area contributed by atoms with Crippen molar-refractivity contribution in [2.45, 2.75) is 104 Å². The second-order valence-corrected chi connectivity index (χ2v) is 15.7. The van der Waals surface area contributed by atoms with Crippen LogP contribution in [-0.4, -0.2) is 101 Å². The number of hydrogen-bond donors (Lipinski definition) is 2. The van der Waals surface area contributed by atoms with E-state index in [4.69, 9.17) is 9.47 Å². The van der Waals surface area contributed by atoms with Crippen LogP contribution < -0.4 is 5.32 Å². The molecule has 1 saturated heterocycles. The third-order valence-electron chi connectivity index (χ3n) is 10.2. The van der Waals surface area contributed by atoms with Crippen LogP contribution >= 0.6 is 11.3 Å². The maximum atomic E-state index is 14.1. The molecule has 1 aromatic carbocycles. The van der Waals surface area contributed by atoms with Crippen molar-refractivity contribution in [3.05, 3.63) is 51.2 Å². The zero-order valence-corrected chi connectivity index (χ0v) is 32.1. The van der Waals surface area contributed by atoms with Crippen LogP contribution in [0.2, 0.25) is 0 Å². The lowest BCUT2D eigenvalue weighted by Crippen LogP contribution is -2.51. The Balaban J connectivity index is 1.49. The van der Waals surface area contributed by atoms with Gasteiger partial charge in [-0.2, -0.15) is 0 Å². The topological polar surface area (TPSA) is 155 Å². The van der Waals surface area contributed by atoms with Gasteiger partial charge < -0.3 is 24.8 Å². The number of ether oxygens (including phenoxy) is 2. The van der Waals surface area contributed by atoms with Crippen LogP contribution in [-0.2, 0) is 35.1 Å². The number of Topliss-reactive ketones (excluding diaryl/α,β-unsaturated/α-hetero) is 1. The summed E-state index contributed by atoms with van der Waals surface area (Å²) in [7, 11) is 1.73. The Morgan fingerprint density at radius 1 is 1.17 bits per heavy atom. The third kappa shape index (κ3) is 10.7. The van der Waals surface area contributed by atoms with Gasteiger partial charge in [-0.05, 0) is 68.3 Å². The second-order valence-electron chi connectivity index (χ2n) is 14.8. The maximum absolute atomic E-state index is 14.1. The minimum Gasteiger partial charge on any atom is -0.481 e. The van der Waals surface area contributed by atoms with Gasteiger partial charge in [-0.25, -0.2) is 9.37 Å². The van der Waals surface area contributed by atoms with E-state index in [-0.39, 0.29) is 61.1 Å². The van der Waals surface area contributed by atoms with Crippen molar-refractivity contribution in [3.8, 4) is 0 Å². The molecule has 4 rings (SSSR count). The number of aliphatic carboxylic acids is 1. The minimum absolute atomic E-state index is 0.0129. The summed E-state index contributed by atoms with van der Waals surface area (Å²) in [5.41, 5.74) is 0.626. The van der Waals surface area contributed by atoms with Gasteiger partial charge in [0.1, 0.15) is 16.5 Å². The average Bonchev–Trinajstić information content (AvgIpc) is 3.68. The Labute approximate surface area is 309 Å². The van der Waals surface area contributed by atoms with Gasteiger partial charge in [-0.15, -0.1) is 11.3 Å². The lowest BCUT2D eigenvalue weighted by Gasteiger charge is -2.37. The molecule has 2 fully saturated rings. The van der Waals surface area contributed by atoms with E-state index >= 15 is 0 Å². The standard InChI is InChI=1S/C38H53FN4O8S/c1-8-43-11-12-50-20-31(43)32(45)19-38(9-10-38)37(49)42(7)30(22(2)3)18-33(51-25(6)44)35-41-29(21-52-35)34(46)40-28(15-24(5)36(47)48)17-26-13-23(4)14-27(39)16-26/h13-14,16,21-22,24,28,30-31,33H,8-12,15,17-20H2,1-7H3,(H,40,46)(H,47,48)/t24-,28+,30+,31+,33+/m0/s1. The van der Waals surface area contributed by atoms with Crippen molar-refractivity contribution < 1.29 is 42.9 Å². The number of amides is 2. The number of esters is 1. The Hall–Kier alpha value is -3.75. The molecule has 1 aromatic heterocycles. The van der Waals surface area contributed by atoms with Crippen molar-refractivity contribution in [2.75, 3.05) is 33.4 Å². The monoisotopic (exact) mass is 744 g/mol. The van der Waals surface area contributed by atoms with Crippen LogP contribution in [0.25, 0.3) is 0 Å². The lowest BCUT2D eigenvalue weighted by atomic mass is 9.90. The number of aromatic nitrogens is 1. The maximum Gasteiger partial charge on any atom is 0.306 e. The van der Waals surface area contributed by atoms with Crippen LogP contribution in [0.4, 0.5) is 4.39 Å². The fourth-order valence-corrected chi connectivity index (χ4v) is 7.98. The SMILES string of the molecule is CCN1CCOC[C@@H]1C(=O)CC1(C(=O)N(C)[C@H](C[C@@H](OC(C)=O)c2nc(C(=O)N[C@@H](Cc3cc(C)cc(F)c3)C[C@H](C)C(=O)O)cs2)C(C)C)CC1. The van der Waals surface area contributed by atoms with Crippen LogP contribution in [0, 0.1) is 30.0 Å². The number of morpholine rings is 1. The van der Waals surface area contributed by atoms with Crippen LogP contribution in [0.3, 0.4) is 0 Å². The lowest BCUT2D eigenvalue weighted by molar-refractivity contribution is -0.150. The number of halogens is 1. The number of likely N-dealkylation sites (N-methyl/N-ethyl adjacent to an activating group) is 1. The molecular weight excluding hydrogens is 692 g/mol. The summed E-state index contributed by atoms with van der Waals surface area (Å²) < 4.78 is 25.5. The Bertz CT molecular complexity index is 1590. The molecule has 5 atom stereocenters. The summed E-state index contributed by atoms with van der Waals surface area (Å²) in [6, 6.07) is 3.18. The molecule has 0 unspecified atom stereocenters. The Morgan fingerprint density at radius 2 is 1.88 bits per heavy atom. The first-order chi connectivity index (χ1) is 24.5. The second kappa shape index (κ2) is 17.8. The zero-order chi connectivity index (χ0) is 38.3. The van der Waals surface area contributed by atoms with Gasteiger partial charge in [-0.1, -0.05) is 33.8 Å². The normalized spacial score (nSPS) is 19.3. The van der Waals surface area contributed by atoms with Crippen LogP contribution in [0.1, 0.15) is 99.4 Å². The molecule has 2 aromatic rings. The molecule has 1 aliphatic heterocycles. The molecule has 52 heavy (non-hydrogen) atoms. The number of nitrogens with zero attached hydrogens (tertiary/aromatic N) is 3. The number of aryl methyl sites for hydroxylation is 1. The highest BCUT2D eigenvalue weighted by Gasteiger charge is 2.54. The van der Waals surface area contributed by atoms with Gasteiger partial charge in [0.15, 0.2) is 11.9 Å². The summed E-state index contributed by atoms with van der Waals surface area (Å²) in [5, 5.41) is 14.3. The van der Waals surface area contributed by atoms with E-state index < -0.39 is 47.1 Å². The predicted molar refractivity (Wildman–Crippen MR) is 193 cm³/mol. The van der Waals surface area contributed by atoms with Gasteiger partial charge in [0, 0.05) is 50.8 Å². The number of carboxylic acids is 1. The minimum atomic E-state index is -1.01. The van der Waals surface area contributed by atoms with Crippen molar-refractivity contribution in [1.82, 2.24) is 20.1 Å².